The molecule has 0 aromatic rings. The van der Waals surface area contributed by atoms with Crippen molar-refractivity contribution < 1.29 is 45.3 Å². The van der Waals surface area contributed by atoms with Gasteiger partial charge in [0.15, 0.2) is 6.67 Å². The summed E-state index contributed by atoms with van der Waals surface area (Å²) in [7, 11) is 0.958. The van der Waals surface area contributed by atoms with Gasteiger partial charge in [0, 0.05) is 0 Å². The van der Waals surface area contributed by atoms with Crippen LogP contribution in [0.3, 0.4) is 0 Å². The van der Waals surface area contributed by atoms with E-state index in [1.54, 1.807) is 0 Å². The van der Waals surface area contributed by atoms with Crippen LogP contribution >= 0.6 is 0 Å². The molecule has 0 fully saturated rings. The summed E-state index contributed by atoms with van der Waals surface area (Å²) < 4.78 is 81.7. The maximum absolute atomic E-state index is 10.4. The highest BCUT2D eigenvalue weighted by molar-refractivity contribution is 4.39. The van der Waals surface area contributed by atoms with Gasteiger partial charge in [-0.05, 0) is 16.0 Å². The molecule has 0 aromatic heterocycles. The van der Waals surface area contributed by atoms with Crippen LogP contribution in [0.15, 0.2) is 0 Å². The van der Waals surface area contributed by atoms with E-state index in [0.29, 0.717) is 0 Å². The zero-order valence-corrected chi connectivity index (χ0v) is 8.46. The smallest absolute Gasteiger partial charge is 0.251 e. The number of halogens is 8. The van der Waals surface area contributed by atoms with Crippen LogP contribution in [0.4, 0.5) is 35.4 Å². The molecular formula is C6H12F8O2. The monoisotopic (exact) mass is 268 g/mol. The molecule has 0 radical (unpaired) electrons. The van der Waals surface area contributed by atoms with Gasteiger partial charge in [0.25, 0.3) is 0 Å². The summed E-state index contributed by atoms with van der Waals surface area (Å²) >= 11 is 0. The Morgan fingerprint density at radius 3 is 1.12 bits per heavy atom. The lowest BCUT2D eigenvalue weighted by molar-refractivity contribution is -0.167. The molecule has 0 N–H and O–H groups in total. The molecule has 0 heterocycles. The van der Waals surface area contributed by atoms with Crippen molar-refractivity contribution in [1.29, 1.82) is 0 Å². The first-order valence-electron chi connectivity index (χ1n) is 3.43. The van der Waals surface area contributed by atoms with Crippen molar-refractivity contribution in [2.24, 2.45) is 0 Å². The molecule has 0 saturated heterocycles. The Balaban J connectivity index is -0.0000000635. The van der Waals surface area contributed by atoms with E-state index in [1.807, 2.05) is 0 Å². The third-order valence-electron chi connectivity index (χ3n) is 0.193. The van der Waals surface area contributed by atoms with Gasteiger partial charge in [0.05, 0.1) is 13.8 Å². The minimum Gasteiger partial charge on any atom is -0.251 e. The highest BCUT2D eigenvalue weighted by Crippen LogP contribution is 2.13. The first kappa shape index (κ1) is 24.5. The molecule has 0 aliphatic heterocycles. The molecule has 0 saturated carbocycles. The lowest BCUT2D eigenvalue weighted by Gasteiger charge is -1.93. The molecule has 104 valence electrons. The summed E-state index contributed by atoms with van der Waals surface area (Å²) in [6.45, 7) is -2.37. The zero-order chi connectivity index (χ0) is 14.0. The van der Waals surface area contributed by atoms with Gasteiger partial charge >= 0.3 is 6.18 Å². The summed E-state index contributed by atoms with van der Waals surface area (Å²) in [6, 6.07) is 0. The maximum Gasteiger partial charge on any atom is 0.416 e. The van der Waals surface area contributed by atoms with Gasteiger partial charge in [-0.1, -0.05) is 0 Å². The standard InChI is InChI=1S/C2H2F4.C2H5F.CH2F2O.CH3FO/c3-1-2(4,5)6;1-2-3;2-1-4-3;1-3-2/h1H2;2H2,1H3;1H2;1H3. The lowest BCUT2D eigenvalue weighted by Crippen LogP contribution is -2.08. The summed E-state index contributed by atoms with van der Waals surface area (Å²) in [5.74, 6) is 0. The van der Waals surface area contributed by atoms with Crippen molar-refractivity contribution in [3.05, 3.63) is 0 Å². The fraction of sp³-hybridized carbons (Fsp3) is 1.00. The molecule has 2 nitrogen and oxygen atoms in total. The van der Waals surface area contributed by atoms with E-state index >= 15 is 0 Å². The lowest BCUT2D eigenvalue weighted by atomic mass is 10.8. The normalized spacial score (nSPS) is 8.62. The molecule has 0 bridgehead atoms. The highest BCUT2D eigenvalue weighted by Gasteiger charge is 2.26. The van der Waals surface area contributed by atoms with Gasteiger partial charge in [-0.25, -0.2) is 8.78 Å². The van der Waals surface area contributed by atoms with Gasteiger partial charge in [0.2, 0.25) is 6.86 Å². The predicted molar refractivity (Wildman–Crippen MR) is 40.0 cm³/mol. The van der Waals surface area contributed by atoms with Crippen molar-refractivity contribution >= 4 is 0 Å². The second-order valence-electron chi connectivity index (χ2n) is 1.39. The Bertz CT molecular complexity index is 85.1. The Hall–Kier alpha value is -0.640. The Morgan fingerprint density at radius 2 is 1.12 bits per heavy atom. The fourth-order valence-electron chi connectivity index (χ4n) is 0. The van der Waals surface area contributed by atoms with Crippen LogP contribution in [0.2, 0.25) is 0 Å². The second-order valence-corrected chi connectivity index (χ2v) is 1.39. The third-order valence-corrected chi connectivity index (χ3v) is 0.193. The summed E-state index contributed by atoms with van der Waals surface area (Å²) in [5, 5.41) is 0. The Morgan fingerprint density at radius 1 is 1.00 bits per heavy atom. The predicted octanol–water partition coefficient (Wildman–Crippen LogP) is 3.83. The van der Waals surface area contributed by atoms with Gasteiger partial charge in [-0.3, -0.25) is 4.39 Å². The number of alkyl halides is 6. The van der Waals surface area contributed by atoms with Crippen LogP contribution in [-0.4, -0.2) is 33.5 Å². The second kappa shape index (κ2) is 23.9. The van der Waals surface area contributed by atoms with Crippen LogP contribution in [-0.2, 0) is 9.88 Å². The molecule has 16 heavy (non-hydrogen) atoms. The van der Waals surface area contributed by atoms with Crippen LogP contribution in [0.1, 0.15) is 6.92 Å². The molecular weight excluding hydrogens is 256 g/mol. The van der Waals surface area contributed by atoms with Crippen LogP contribution < -0.4 is 0 Å². The summed E-state index contributed by atoms with van der Waals surface area (Å²) in [4.78, 5) is 5.12. The summed E-state index contributed by atoms with van der Waals surface area (Å²) in [6.07, 6.45) is -4.62. The van der Waals surface area contributed by atoms with Crippen molar-refractivity contribution in [1.82, 2.24) is 0 Å². The van der Waals surface area contributed by atoms with Crippen LogP contribution in [0.5, 0.6) is 0 Å². The van der Waals surface area contributed by atoms with Crippen molar-refractivity contribution in [3.8, 4) is 0 Å². The number of hydrogen-bond donors (Lipinski definition) is 0. The minimum absolute atomic E-state index is 0.250. The van der Waals surface area contributed by atoms with Gasteiger partial charge in [-0.2, -0.15) is 23.1 Å². The van der Waals surface area contributed by atoms with E-state index in [9.17, 15) is 35.4 Å². The molecule has 0 unspecified atom stereocenters. The molecule has 10 heteroatoms. The molecule has 0 aliphatic rings. The third kappa shape index (κ3) is 181. The summed E-state index contributed by atoms with van der Waals surface area (Å²) in [5.41, 5.74) is 0. The quantitative estimate of drug-likeness (QED) is 0.673. The number of hydrogen-bond acceptors (Lipinski definition) is 2. The van der Waals surface area contributed by atoms with Crippen LogP contribution in [0.25, 0.3) is 0 Å². The fourth-order valence-corrected chi connectivity index (χ4v) is 0. The average Bonchev–Trinajstić information content (AvgIpc) is 2.20. The van der Waals surface area contributed by atoms with E-state index in [2.05, 4.69) is 9.88 Å². The maximum atomic E-state index is 10.4. The molecule has 0 aromatic carbocycles. The largest absolute Gasteiger partial charge is 0.416 e. The van der Waals surface area contributed by atoms with E-state index < -0.39 is 19.7 Å². The zero-order valence-electron chi connectivity index (χ0n) is 8.46. The SMILES string of the molecule is CCF.COF.FCC(F)(F)F.FCOF. The van der Waals surface area contributed by atoms with Gasteiger partial charge in [-0.15, -0.1) is 0 Å². The average molecular weight is 268 g/mol. The van der Waals surface area contributed by atoms with E-state index in [1.165, 1.54) is 6.92 Å². The van der Waals surface area contributed by atoms with Gasteiger partial charge in [0.1, 0.15) is 0 Å². The van der Waals surface area contributed by atoms with Gasteiger partial charge < -0.3 is 0 Å². The molecule has 0 rings (SSSR count). The highest BCUT2D eigenvalue weighted by atomic mass is 19.4. The van der Waals surface area contributed by atoms with E-state index in [-0.39, 0.29) is 6.67 Å². The molecule has 0 amide bonds. The van der Waals surface area contributed by atoms with E-state index in [0.717, 1.165) is 7.11 Å². The first-order valence-corrected chi connectivity index (χ1v) is 3.43. The van der Waals surface area contributed by atoms with Crippen molar-refractivity contribution in [2.75, 3.05) is 27.3 Å². The number of rotatable bonds is 1. The molecule has 0 atom stereocenters. The molecule has 0 aliphatic carbocycles. The van der Waals surface area contributed by atoms with Crippen LogP contribution in [0, 0.1) is 0 Å². The minimum atomic E-state index is -4.62. The van der Waals surface area contributed by atoms with E-state index in [4.69, 9.17) is 0 Å². The topological polar surface area (TPSA) is 18.5 Å². The Labute approximate surface area is 86.9 Å². The Kier molecular flexibility index (Phi) is 36.6. The van der Waals surface area contributed by atoms with Crippen molar-refractivity contribution in [3.63, 3.8) is 0 Å². The van der Waals surface area contributed by atoms with Crippen molar-refractivity contribution in [2.45, 2.75) is 13.1 Å². The first-order chi connectivity index (χ1) is 7.30. The molecule has 0 spiro atoms.